The van der Waals surface area contributed by atoms with Crippen molar-refractivity contribution in [2.45, 2.75) is 32.8 Å². The number of amides is 1. The van der Waals surface area contributed by atoms with Gasteiger partial charge in [0.15, 0.2) is 0 Å². The van der Waals surface area contributed by atoms with Crippen molar-refractivity contribution in [2.24, 2.45) is 5.92 Å². The van der Waals surface area contributed by atoms with Gasteiger partial charge >= 0.3 is 6.09 Å². The average Bonchev–Trinajstić information content (AvgIpc) is 2.94. The van der Waals surface area contributed by atoms with Gasteiger partial charge in [-0.1, -0.05) is 0 Å². The highest BCUT2D eigenvalue weighted by atomic mass is 16.6. The van der Waals surface area contributed by atoms with Gasteiger partial charge in [-0.15, -0.1) is 0 Å². The first-order valence-electron chi connectivity index (χ1n) is 7.83. The quantitative estimate of drug-likeness (QED) is 0.857. The van der Waals surface area contributed by atoms with Crippen LogP contribution in [0.4, 0.5) is 10.6 Å². The Morgan fingerprint density at radius 1 is 1.57 bits per heavy atom. The maximum atomic E-state index is 12.1. The van der Waals surface area contributed by atoms with Crippen LogP contribution in [0.1, 0.15) is 32.8 Å². The van der Waals surface area contributed by atoms with Crippen LogP contribution in [0.5, 0.6) is 0 Å². The second-order valence-corrected chi connectivity index (χ2v) is 6.98. The lowest BCUT2D eigenvalue weighted by Gasteiger charge is -2.25. The molecule has 0 radical (unpaired) electrons. The van der Waals surface area contributed by atoms with Gasteiger partial charge in [0.25, 0.3) is 0 Å². The van der Waals surface area contributed by atoms with Gasteiger partial charge in [-0.05, 0) is 45.2 Å². The molecule has 0 bridgehead atoms. The van der Waals surface area contributed by atoms with E-state index < -0.39 is 5.60 Å². The number of hydrogen-bond acceptors (Lipinski definition) is 5. The van der Waals surface area contributed by atoms with Crippen LogP contribution in [0.15, 0.2) is 18.3 Å². The van der Waals surface area contributed by atoms with Crippen LogP contribution >= 0.6 is 0 Å². The molecule has 2 rings (SSSR count). The maximum Gasteiger partial charge on any atom is 0.410 e. The molecule has 0 aliphatic carbocycles. The molecule has 6 nitrogen and oxygen atoms in total. The molecule has 1 saturated heterocycles. The highest BCUT2D eigenvalue weighted by molar-refractivity contribution is 5.68. The molecule has 1 aliphatic heterocycles. The molecular formula is C17H24N4O2. The Kier molecular flexibility index (Phi) is 5.09. The third-order valence-electron chi connectivity index (χ3n) is 3.74. The zero-order chi connectivity index (χ0) is 17.0. The van der Waals surface area contributed by atoms with E-state index in [4.69, 9.17) is 10.00 Å². The Bertz CT molecular complexity index is 603. The normalized spacial score (nSPS) is 17.7. The highest BCUT2D eigenvalue weighted by Gasteiger charge is 2.30. The predicted molar refractivity (Wildman–Crippen MR) is 88.1 cm³/mol. The molecule has 0 saturated carbocycles. The smallest absolute Gasteiger partial charge is 0.410 e. The lowest BCUT2D eigenvalue weighted by molar-refractivity contribution is 0.0288. The fourth-order valence-electron chi connectivity index (χ4n) is 2.65. The molecule has 23 heavy (non-hydrogen) atoms. The van der Waals surface area contributed by atoms with Crippen molar-refractivity contribution in [3.05, 3.63) is 23.9 Å². The van der Waals surface area contributed by atoms with Crippen molar-refractivity contribution in [1.82, 2.24) is 9.88 Å². The van der Waals surface area contributed by atoms with E-state index in [0.29, 0.717) is 18.0 Å². The number of pyridine rings is 1. The van der Waals surface area contributed by atoms with Crippen molar-refractivity contribution < 1.29 is 9.53 Å². The third kappa shape index (κ3) is 4.85. The van der Waals surface area contributed by atoms with Crippen LogP contribution in [0.2, 0.25) is 0 Å². The van der Waals surface area contributed by atoms with Gasteiger partial charge in [0.2, 0.25) is 0 Å². The summed E-state index contributed by atoms with van der Waals surface area (Å²) in [5.41, 5.74) is 0.136. The summed E-state index contributed by atoms with van der Waals surface area (Å²) in [6.07, 6.45) is 2.35. The molecule has 2 heterocycles. The Morgan fingerprint density at radius 2 is 2.30 bits per heavy atom. The molecule has 0 N–H and O–H groups in total. The number of rotatable bonds is 3. The maximum absolute atomic E-state index is 12.1. The van der Waals surface area contributed by atoms with Gasteiger partial charge in [-0.25, -0.2) is 9.78 Å². The van der Waals surface area contributed by atoms with Gasteiger partial charge < -0.3 is 14.5 Å². The van der Waals surface area contributed by atoms with Gasteiger partial charge in [0.1, 0.15) is 11.4 Å². The minimum absolute atomic E-state index is 0.243. The summed E-state index contributed by atoms with van der Waals surface area (Å²) in [6, 6.07) is 5.59. The lowest BCUT2D eigenvalue weighted by atomic mass is 10.1. The van der Waals surface area contributed by atoms with Crippen LogP contribution in [0.25, 0.3) is 0 Å². The molecule has 1 aliphatic rings. The first-order valence-corrected chi connectivity index (χ1v) is 7.83. The number of carbonyl (C=O) groups excluding carboxylic acids is 1. The van der Waals surface area contributed by atoms with E-state index in [0.717, 1.165) is 25.3 Å². The zero-order valence-corrected chi connectivity index (χ0v) is 14.2. The largest absolute Gasteiger partial charge is 0.444 e. The molecule has 1 aromatic heterocycles. The Hall–Kier alpha value is -2.29. The van der Waals surface area contributed by atoms with Crippen LogP contribution in [-0.2, 0) is 4.74 Å². The molecule has 0 aromatic carbocycles. The fourth-order valence-corrected chi connectivity index (χ4v) is 2.65. The molecule has 6 heteroatoms. The summed E-state index contributed by atoms with van der Waals surface area (Å²) >= 11 is 0. The van der Waals surface area contributed by atoms with Gasteiger partial charge in [-0.3, -0.25) is 0 Å². The third-order valence-corrected chi connectivity index (χ3v) is 3.74. The standard InChI is InChI=1S/C17H24N4O2/c1-17(2,3)23-16(22)21-8-6-14(12-21)11-20(4)15-9-13(10-18)5-7-19-15/h5,7,9,14H,6,8,11-12H2,1-4H3/t14-/m0/s1. The summed E-state index contributed by atoms with van der Waals surface area (Å²) in [5.74, 6) is 1.15. The SMILES string of the molecule is CN(C[C@@H]1CCN(C(=O)OC(C)(C)C)C1)c1cc(C#N)ccn1. The van der Waals surface area contributed by atoms with Gasteiger partial charge in [0, 0.05) is 32.9 Å². The number of aromatic nitrogens is 1. The molecule has 124 valence electrons. The molecule has 1 fully saturated rings. The number of anilines is 1. The van der Waals surface area contributed by atoms with Crippen molar-refractivity contribution in [3.8, 4) is 6.07 Å². The minimum atomic E-state index is -0.465. The van der Waals surface area contributed by atoms with Crippen LogP contribution in [0, 0.1) is 17.2 Å². The van der Waals surface area contributed by atoms with E-state index in [9.17, 15) is 4.79 Å². The summed E-state index contributed by atoms with van der Waals surface area (Å²) in [6.45, 7) is 7.83. The van der Waals surface area contributed by atoms with Crippen LogP contribution in [0.3, 0.4) is 0 Å². The summed E-state index contributed by atoms with van der Waals surface area (Å²) in [7, 11) is 1.96. The van der Waals surface area contributed by atoms with E-state index in [2.05, 4.69) is 11.1 Å². The average molecular weight is 316 g/mol. The first kappa shape index (κ1) is 17.1. The van der Waals surface area contributed by atoms with E-state index >= 15 is 0 Å². The summed E-state index contributed by atoms with van der Waals surface area (Å²) < 4.78 is 5.41. The van der Waals surface area contributed by atoms with E-state index in [1.165, 1.54) is 0 Å². The van der Waals surface area contributed by atoms with Gasteiger partial charge in [-0.2, -0.15) is 5.26 Å². The number of ether oxygens (including phenoxy) is 1. The van der Waals surface area contributed by atoms with Crippen LogP contribution in [-0.4, -0.2) is 48.3 Å². The Labute approximate surface area is 137 Å². The number of hydrogen-bond donors (Lipinski definition) is 0. The van der Waals surface area contributed by atoms with Gasteiger partial charge in [0.05, 0.1) is 11.6 Å². The van der Waals surface area contributed by atoms with Crippen molar-refractivity contribution in [3.63, 3.8) is 0 Å². The van der Waals surface area contributed by atoms with E-state index in [1.54, 1.807) is 23.2 Å². The Balaban J connectivity index is 1.90. The fraction of sp³-hybridized carbons (Fsp3) is 0.588. The first-order chi connectivity index (χ1) is 10.8. The van der Waals surface area contributed by atoms with E-state index in [-0.39, 0.29) is 6.09 Å². The lowest BCUT2D eigenvalue weighted by Crippen LogP contribution is -2.36. The number of likely N-dealkylation sites (tertiary alicyclic amines) is 1. The second kappa shape index (κ2) is 6.86. The predicted octanol–water partition coefficient (Wildman–Crippen LogP) is 2.65. The number of nitriles is 1. The zero-order valence-electron chi connectivity index (χ0n) is 14.2. The van der Waals surface area contributed by atoms with Crippen molar-refractivity contribution in [1.29, 1.82) is 5.26 Å². The molecule has 1 amide bonds. The van der Waals surface area contributed by atoms with Crippen LogP contribution < -0.4 is 4.90 Å². The van der Waals surface area contributed by atoms with Crippen molar-refractivity contribution in [2.75, 3.05) is 31.6 Å². The number of nitrogens with zero attached hydrogens (tertiary/aromatic N) is 4. The summed E-state index contributed by atoms with van der Waals surface area (Å²) in [5, 5.41) is 8.96. The minimum Gasteiger partial charge on any atom is -0.444 e. The molecule has 0 spiro atoms. The second-order valence-electron chi connectivity index (χ2n) is 6.98. The Morgan fingerprint density at radius 3 is 2.96 bits per heavy atom. The molecule has 0 unspecified atom stereocenters. The monoisotopic (exact) mass is 316 g/mol. The molecule has 1 atom stereocenters. The van der Waals surface area contributed by atoms with E-state index in [1.807, 2.05) is 32.7 Å². The molecule has 1 aromatic rings. The summed E-state index contributed by atoms with van der Waals surface area (Å²) in [4.78, 5) is 20.2. The number of carbonyl (C=O) groups is 1. The topological polar surface area (TPSA) is 69.5 Å². The van der Waals surface area contributed by atoms with Crippen molar-refractivity contribution >= 4 is 11.9 Å². The molecular weight excluding hydrogens is 292 g/mol. The highest BCUT2D eigenvalue weighted by Crippen LogP contribution is 2.22.